The van der Waals surface area contributed by atoms with Gasteiger partial charge in [-0.3, -0.25) is 4.79 Å². The second kappa shape index (κ2) is 6.99. The van der Waals surface area contributed by atoms with Crippen LogP contribution >= 0.6 is 0 Å². The first-order chi connectivity index (χ1) is 13.3. The van der Waals surface area contributed by atoms with Crippen LogP contribution in [0.5, 0.6) is 0 Å². The smallest absolute Gasteiger partial charge is 0.253 e. The van der Waals surface area contributed by atoms with E-state index >= 15 is 0 Å². The van der Waals surface area contributed by atoms with E-state index < -0.39 is 11.2 Å². The third-order valence-corrected chi connectivity index (χ3v) is 5.93. The van der Waals surface area contributed by atoms with Crippen molar-refractivity contribution in [1.29, 1.82) is 0 Å². The van der Waals surface area contributed by atoms with Crippen molar-refractivity contribution in [3.8, 4) is 0 Å². The summed E-state index contributed by atoms with van der Waals surface area (Å²) in [6, 6.07) is 15.6. The Labute approximate surface area is 165 Å². The molecular formula is C23H27NO4. The van der Waals surface area contributed by atoms with Gasteiger partial charge in [-0.2, -0.15) is 0 Å². The minimum absolute atomic E-state index is 0.0115. The lowest BCUT2D eigenvalue weighted by Crippen LogP contribution is -2.53. The predicted molar refractivity (Wildman–Crippen MR) is 106 cm³/mol. The number of rotatable bonds is 3. The van der Waals surface area contributed by atoms with Crippen LogP contribution in [-0.4, -0.2) is 41.9 Å². The number of aliphatic hydroxyl groups is 1. The molecule has 2 saturated heterocycles. The highest BCUT2D eigenvalue weighted by Gasteiger charge is 2.51. The molecule has 2 aromatic rings. The summed E-state index contributed by atoms with van der Waals surface area (Å²) in [5.41, 5.74) is 2.08. The van der Waals surface area contributed by atoms with E-state index in [1.165, 1.54) is 0 Å². The molecule has 5 heteroatoms. The summed E-state index contributed by atoms with van der Waals surface area (Å²) in [7, 11) is 0. The highest BCUT2D eigenvalue weighted by atomic mass is 16.7. The first-order valence-corrected chi connectivity index (χ1v) is 9.75. The molecule has 2 heterocycles. The van der Waals surface area contributed by atoms with Crippen LogP contribution in [0.15, 0.2) is 48.5 Å². The van der Waals surface area contributed by atoms with Gasteiger partial charge in [0.05, 0.1) is 12.1 Å². The molecule has 2 aliphatic heterocycles. The molecule has 0 aliphatic carbocycles. The van der Waals surface area contributed by atoms with Crippen molar-refractivity contribution < 1.29 is 19.4 Å². The summed E-state index contributed by atoms with van der Waals surface area (Å²) in [6.45, 7) is 6.79. The minimum Gasteiger partial charge on any atom is -0.386 e. The van der Waals surface area contributed by atoms with Crippen molar-refractivity contribution in [1.82, 2.24) is 4.90 Å². The zero-order valence-corrected chi connectivity index (χ0v) is 16.6. The Bertz CT molecular complexity index is 874. The van der Waals surface area contributed by atoms with Crippen LogP contribution in [0.3, 0.4) is 0 Å². The Morgan fingerprint density at radius 1 is 1.21 bits per heavy atom. The van der Waals surface area contributed by atoms with Gasteiger partial charge in [0, 0.05) is 18.5 Å². The summed E-state index contributed by atoms with van der Waals surface area (Å²) in [5, 5.41) is 10.3. The molecule has 0 radical (unpaired) electrons. The second-order valence-corrected chi connectivity index (χ2v) is 8.26. The fourth-order valence-electron chi connectivity index (χ4n) is 4.46. The summed E-state index contributed by atoms with van der Waals surface area (Å²) in [5.74, 6) is -0.0115. The Morgan fingerprint density at radius 2 is 1.96 bits per heavy atom. The maximum Gasteiger partial charge on any atom is 0.253 e. The number of piperidine rings is 1. The predicted octanol–water partition coefficient (Wildman–Crippen LogP) is 3.34. The lowest BCUT2D eigenvalue weighted by atomic mass is 9.82. The number of hydrogen-bond acceptors (Lipinski definition) is 4. The summed E-state index contributed by atoms with van der Waals surface area (Å²) < 4.78 is 11.9. The number of carbonyl (C=O) groups is 1. The monoisotopic (exact) mass is 381 g/mol. The number of nitrogens with zero attached hydrogens (tertiary/aromatic N) is 1. The van der Waals surface area contributed by atoms with Crippen LogP contribution in [0.4, 0.5) is 0 Å². The van der Waals surface area contributed by atoms with Gasteiger partial charge in [0.2, 0.25) is 0 Å². The standard InChI is InChI=1S/C23H27NO4/c1-16-13-17(9-10-19(16)22(2,3)26)21(25)24-12-11-23(18-7-5-4-6-8-18)20(14-24)27-15-28-23/h4-10,13,20,26H,11-12,14-15H2,1-3H3/t20?,23-/m1/s1. The highest BCUT2D eigenvalue weighted by molar-refractivity contribution is 5.94. The van der Waals surface area contributed by atoms with Gasteiger partial charge in [0.1, 0.15) is 18.5 Å². The van der Waals surface area contributed by atoms with Gasteiger partial charge in [0.25, 0.3) is 5.91 Å². The number of hydrogen-bond donors (Lipinski definition) is 1. The zero-order valence-electron chi connectivity index (χ0n) is 16.6. The topological polar surface area (TPSA) is 59.0 Å². The second-order valence-electron chi connectivity index (χ2n) is 8.26. The molecule has 0 saturated carbocycles. The molecule has 4 rings (SSSR count). The molecule has 2 atom stereocenters. The number of benzene rings is 2. The van der Waals surface area contributed by atoms with Crippen molar-refractivity contribution in [2.45, 2.75) is 44.5 Å². The Hall–Kier alpha value is -2.21. The molecule has 2 fully saturated rings. The van der Waals surface area contributed by atoms with E-state index in [0.717, 1.165) is 16.7 Å². The highest BCUT2D eigenvalue weighted by Crippen LogP contribution is 2.42. The van der Waals surface area contributed by atoms with E-state index in [-0.39, 0.29) is 18.8 Å². The first kappa shape index (κ1) is 19.1. The van der Waals surface area contributed by atoms with Crippen LogP contribution in [0.25, 0.3) is 0 Å². The quantitative estimate of drug-likeness (QED) is 0.886. The fraction of sp³-hybridized carbons (Fsp3) is 0.435. The Morgan fingerprint density at radius 3 is 2.64 bits per heavy atom. The Balaban J connectivity index is 1.55. The van der Waals surface area contributed by atoms with Gasteiger partial charge in [-0.25, -0.2) is 0 Å². The van der Waals surface area contributed by atoms with Crippen molar-refractivity contribution in [2.75, 3.05) is 19.9 Å². The van der Waals surface area contributed by atoms with Crippen molar-refractivity contribution in [3.63, 3.8) is 0 Å². The van der Waals surface area contributed by atoms with Gasteiger partial charge >= 0.3 is 0 Å². The van der Waals surface area contributed by atoms with Gasteiger partial charge in [-0.15, -0.1) is 0 Å². The molecule has 1 N–H and O–H groups in total. The van der Waals surface area contributed by atoms with Crippen LogP contribution in [-0.2, 0) is 20.7 Å². The number of amides is 1. The number of likely N-dealkylation sites (tertiary alicyclic amines) is 1. The lowest BCUT2D eigenvalue weighted by molar-refractivity contribution is -0.0439. The molecule has 148 valence electrons. The molecule has 5 nitrogen and oxygen atoms in total. The van der Waals surface area contributed by atoms with Gasteiger partial charge in [0.15, 0.2) is 0 Å². The van der Waals surface area contributed by atoms with Gasteiger partial charge in [-0.05, 0) is 49.6 Å². The normalized spacial score (nSPS) is 24.9. The molecule has 0 aromatic heterocycles. The average Bonchev–Trinajstić information content (AvgIpc) is 3.11. The number of ether oxygens (including phenoxy) is 2. The maximum atomic E-state index is 13.1. The largest absolute Gasteiger partial charge is 0.386 e. The number of aryl methyl sites for hydroxylation is 1. The number of fused-ring (bicyclic) bond motifs is 1. The third-order valence-electron chi connectivity index (χ3n) is 5.93. The van der Waals surface area contributed by atoms with E-state index in [9.17, 15) is 9.90 Å². The van der Waals surface area contributed by atoms with Gasteiger partial charge in [-0.1, -0.05) is 36.4 Å². The van der Waals surface area contributed by atoms with Crippen LogP contribution in [0.2, 0.25) is 0 Å². The molecule has 0 spiro atoms. The average molecular weight is 381 g/mol. The van der Waals surface area contributed by atoms with E-state index in [4.69, 9.17) is 9.47 Å². The fourth-order valence-corrected chi connectivity index (χ4v) is 4.46. The van der Waals surface area contributed by atoms with Crippen molar-refractivity contribution in [3.05, 3.63) is 70.8 Å². The van der Waals surface area contributed by atoms with Crippen molar-refractivity contribution in [2.24, 2.45) is 0 Å². The van der Waals surface area contributed by atoms with E-state index in [0.29, 0.717) is 25.1 Å². The molecular weight excluding hydrogens is 354 g/mol. The lowest BCUT2D eigenvalue weighted by Gasteiger charge is -2.42. The molecule has 1 amide bonds. The minimum atomic E-state index is -0.929. The molecule has 0 bridgehead atoms. The zero-order chi connectivity index (χ0) is 19.9. The first-order valence-electron chi connectivity index (χ1n) is 9.75. The molecule has 2 aliphatic rings. The summed E-state index contributed by atoms with van der Waals surface area (Å²) in [4.78, 5) is 15.0. The maximum absolute atomic E-state index is 13.1. The summed E-state index contributed by atoms with van der Waals surface area (Å²) in [6.07, 6.45) is 0.526. The molecule has 1 unspecified atom stereocenters. The van der Waals surface area contributed by atoms with Crippen molar-refractivity contribution >= 4 is 5.91 Å². The van der Waals surface area contributed by atoms with Crippen LogP contribution in [0, 0.1) is 6.92 Å². The van der Waals surface area contributed by atoms with E-state index in [1.807, 2.05) is 42.2 Å². The Kier molecular flexibility index (Phi) is 4.78. The van der Waals surface area contributed by atoms with E-state index in [2.05, 4.69) is 12.1 Å². The third kappa shape index (κ3) is 3.24. The van der Waals surface area contributed by atoms with Crippen LogP contribution < -0.4 is 0 Å². The van der Waals surface area contributed by atoms with Gasteiger partial charge < -0.3 is 19.5 Å². The number of carbonyl (C=O) groups excluding carboxylic acids is 1. The van der Waals surface area contributed by atoms with Crippen LogP contribution in [0.1, 0.15) is 47.3 Å². The van der Waals surface area contributed by atoms with E-state index in [1.54, 1.807) is 19.9 Å². The molecule has 28 heavy (non-hydrogen) atoms. The summed E-state index contributed by atoms with van der Waals surface area (Å²) >= 11 is 0. The SMILES string of the molecule is Cc1cc(C(=O)N2CC[C@]3(c4ccccc4)OCOC3C2)ccc1C(C)(C)O. The molecule has 2 aromatic carbocycles.